The van der Waals surface area contributed by atoms with E-state index in [-0.39, 0.29) is 11.8 Å². The fourth-order valence-corrected chi connectivity index (χ4v) is 5.27. The quantitative estimate of drug-likeness (QED) is 0.303. The van der Waals surface area contributed by atoms with Crippen molar-refractivity contribution < 1.29 is 9.90 Å². The van der Waals surface area contributed by atoms with E-state index in [4.69, 9.17) is 10.7 Å². The summed E-state index contributed by atoms with van der Waals surface area (Å²) in [6, 6.07) is 18.7. The van der Waals surface area contributed by atoms with Gasteiger partial charge in [0.2, 0.25) is 0 Å². The predicted molar refractivity (Wildman–Crippen MR) is 142 cm³/mol. The molecule has 6 nitrogen and oxygen atoms in total. The molecule has 1 fully saturated rings. The first kappa shape index (κ1) is 22.7. The van der Waals surface area contributed by atoms with E-state index in [1.807, 2.05) is 42.0 Å². The summed E-state index contributed by atoms with van der Waals surface area (Å²) in [4.78, 5) is 20.2. The second kappa shape index (κ2) is 9.29. The van der Waals surface area contributed by atoms with Crippen LogP contribution in [0.15, 0.2) is 67.3 Å². The summed E-state index contributed by atoms with van der Waals surface area (Å²) in [5, 5.41) is 10.5. The van der Waals surface area contributed by atoms with Crippen LogP contribution in [0.1, 0.15) is 50.0 Å². The Hall–Kier alpha value is -4.06. The van der Waals surface area contributed by atoms with Crippen LogP contribution in [0, 0.1) is 5.92 Å². The molecule has 0 unspecified atom stereocenters. The molecular weight excluding hydrogens is 436 g/mol. The zero-order valence-corrected chi connectivity index (χ0v) is 19.9. The van der Waals surface area contributed by atoms with Crippen LogP contribution in [0.25, 0.3) is 45.3 Å². The molecule has 2 heterocycles. The van der Waals surface area contributed by atoms with Gasteiger partial charge in [0, 0.05) is 23.1 Å². The monoisotopic (exact) mass is 466 g/mol. The Labute approximate surface area is 204 Å². The van der Waals surface area contributed by atoms with Gasteiger partial charge >= 0.3 is 5.97 Å². The number of nitrogens with two attached hydrogens (primary N) is 1. The number of para-hydroxylation sites is 1. The lowest BCUT2D eigenvalue weighted by Gasteiger charge is -2.25. The van der Waals surface area contributed by atoms with Crippen molar-refractivity contribution in [3.8, 4) is 22.5 Å². The molecule has 4 N–H and O–H groups in total. The number of carboxylic acids is 1. The van der Waals surface area contributed by atoms with Gasteiger partial charge in [0.25, 0.3) is 0 Å². The third-order valence-corrected chi connectivity index (χ3v) is 6.98. The van der Waals surface area contributed by atoms with Gasteiger partial charge in [0.1, 0.15) is 11.5 Å². The Balaban J connectivity index is 1.63. The largest absolute Gasteiger partial charge is 0.481 e. The first-order chi connectivity index (χ1) is 17.0. The molecule has 0 radical (unpaired) electrons. The van der Waals surface area contributed by atoms with Crippen molar-refractivity contribution in [1.82, 2.24) is 14.5 Å². The van der Waals surface area contributed by atoms with E-state index < -0.39 is 5.97 Å². The SMILES string of the molecule is C=C(N)c1c(-c2cc3cccc(-c4ccccc4)c3[nH]2)nc([C@H]2CC[C@H](C(=O)O)CC2)n1/C=C\C. The molecule has 0 amide bonds. The zero-order chi connectivity index (χ0) is 24.5. The van der Waals surface area contributed by atoms with Crippen LogP contribution in [0.4, 0.5) is 0 Å². The van der Waals surface area contributed by atoms with Gasteiger partial charge in [-0.3, -0.25) is 4.79 Å². The first-order valence-electron chi connectivity index (χ1n) is 12.1. The van der Waals surface area contributed by atoms with E-state index in [1.165, 1.54) is 0 Å². The molecule has 0 aliphatic heterocycles. The van der Waals surface area contributed by atoms with Crippen LogP contribution in [0.5, 0.6) is 0 Å². The molecule has 1 aliphatic carbocycles. The number of aliphatic carboxylic acids is 1. The topological polar surface area (TPSA) is 96.9 Å². The maximum absolute atomic E-state index is 11.5. The molecule has 2 aromatic heterocycles. The van der Waals surface area contributed by atoms with E-state index in [1.54, 1.807) is 0 Å². The molecule has 6 heteroatoms. The Morgan fingerprint density at radius 3 is 2.54 bits per heavy atom. The number of aromatic amines is 1. The van der Waals surface area contributed by atoms with Crippen LogP contribution in [-0.2, 0) is 4.79 Å². The maximum Gasteiger partial charge on any atom is 0.306 e. The predicted octanol–water partition coefficient (Wildman–Crippen LogP) is 6.48. The number of imidazole rings is 1. The Morgan fingerprint density at radius 2 is 1.89 bits per heavy atom. The van der Waals surface area contributed by atoms with E-state index in [0.717, 1.165) is 57.8 Å². The number of H-pyrrole nitrogens is 1. The van der Waals surface area contributed by atoms with Gasteiger partial charge in [0.05, 0.1) is 28.5 Å². The lowest BCUT2D eigenvalue weighted by atomic mass is 9.81. The Kier molecular flexibility index (Phi) is 6.03. The third-order valence-electron chi connectivity index (χ3n) is 6.98. The standard InChI is InChI=1S/C29H30N4O2/c1-3-16-33-27(18(2)30)26(32-28(33)20-12-14-21(15-13-20)29(34)35)24-17-22-10-7-11-23(25(22)31-24)19-8-5-4-6-9-19/h3-11,16-17,20-21,31H,2,12-15,30H2,1H3,(H,34,35)/b16-3-/t20-,21-. The molecule has 5 rings (SSSR count). The summed E-state index contributed by atoms with van der Waals surface area (Å²) in [5.41, 5.74) is 12.5. The number of benzene rings is 2. The summed E-state index contributed by atoms with van der Waals surface area (Å²) in [5.74, 6) is 0.0950. The van der Waals surface area contributed by atoms with E-state index in [2.05, 4.69) is 48.0 Å². The summed E-state index contributed by atoms with van der Waals surface area (Å²) in [7, 11) is 0. The number of allylic oxidation sites excluding steroid dienone is 1. The number of fused-ring (bicyclic) bond motifs is 1. The van der Waals surface area contributed by atoms with E-state index in [0.29, 0.717) is 18.5 Å². The molecule has 0 bridgehead atoms. The van der Waals surface area contributed by atoms with Gasteiger partial charge in [-0.2, -0.15) is 0 Å². The minimum Gasteiger partial charge on any atom is -0.481 e. The minimum atomic E-state index is -0.704. The number of hydrogen-bond donors (Lipinski definition) is 3. The smallest absolute Gasteiger partial charge is 0.306 e. The fraction of sp³-hybridized carbons (Fsp3) is 0.241. The lowest BCUT2D eigenvalue weighted by Crippen LogP contribution is -2.22. The van der Waals surface area contributed by atoms with Crippen LogP contribution in [0.2, 0.25) is 0 Å². The van der Waals surface area contributed by atoms with Crippen molar-refractivity contribution in [1.29, 1.82) is 0 Å². The Bertz CT molecular complexity index is 1420. The van der Waals surface area contributed by atoms with Crippen molar-refractivity contribution in [2.24, 2.45) is 11.7 Å². The van der Waals surface area contributed by atoms with Gasteiger partial charge in [-0.15, -0.1) is 0 Å². The number of aromatic nitrogens is 3. The average molecular weight is 467 g/mol. The molecule has 0 atom stereocenters. The minimum absolute atomic E-state index is 0.165. The van der Waals surface area contributed by atoms with Gasteiger partial charge in [-0.05, 0) is 44.2 Å². The first-order valence-corrected chi connectivity index (χ1v) is 12.1. The molecule has 0 saturated heterocycles. The summed E-state index contributed by atoms with van der Waals surface area (Å²) in [6.45, 7) is 6.02. The molecular formula is C29H30N4O2. The third kappa shape index (κ3) is 4.16. The average Bonchev–Trinajstić information content (AvgIpc) is 3.46. The fourth-order valence-electron chi connectivity index (χ4n) is 5.27. The second-order valence-corrected chi connectivity index (χ2v) is 9.25. The second-order valence-electron chi connectivity index (χ2n) is 9.25. The van der Waals surface area contributed by atoms with Crippen molar-refractivity contribution >= 4 is 28.8 Å². The van der Waals surface area contributed by atoms with Crippen LogP contribution in [-0.4, -0.2) is 25.6 Å². The molecule has 35 heavy (non-hydrogen) atoms. The molecule has 4 aromatic rings. The summed E-state index contributed by atoms with van der Waals surface area (Å²) < 4.78 is 2.03. The van der Waals surface area contributed by atoms with Gasteiger partial charge in [0.15, 0.2) is 0 Å². The summed E-state index contributed by atoms with van der Waals surface area (Å²) in [6.07, 6.45) is 6.82. The molecule has 178 valence electrons. The molecule has 0 spiro atoms. The van der Waals surface area contributed by atoms with Gasteiger partial charge < -0.3 is 20.4 Å². The highest BCUT2D eigenvalue weighted by atomic mass is 16.4. The number of hydrogen-bond acceptors (Lipinski definition) is 3. The van der Waals surface area contributed by atoms with Crippen LogP contribution in [0.3, 0.4) is 0 Å². The van der Waals surface area contributed by atoms with Crippen LogP contribution < -0.4 is 5.73 Å². The molecule has 1 aliphatic rings. The molecule has 2 aromatic carbocycles. The van der Waals surface area contributed by atoms with Crippen molar-refractivity contribution in [3.63, 3.8) is 0 Å². The van der Waals surface area contributed by atoms with E-state index in [9.17, 15) is 9.90 Å². The highest BCUT2D eigenvalue weighted by Gasteiger charge is 2.31. The normalized spacial score (nSPS) is 18.3. The van der Waals surface area contributed by atoms with Crippen LogP contribution >= 0.6 is 0 Å². The number of carbonyl (C=O) groups is 1. The zero-order valence-electron chi connectivity index (χ0n) is 19.9. The van der Waals surface area contributed by atoms with E-state index >= 15 is 0 Å². The number of nitrogens with zero attached hydrogens (tertiary/aromatic N) is 2. The summed E-state index contributed by atoms with van der Waals surface area (Å²) >= 11 is 0. The van der Waals surface area contributed by atoms with Gasteiger partial charge in [-0.1, -0.05) is 61.2 Å². The highest BCUT2D eigenvalue weighted by molar-refractivity contribution is 5.97. The maximum atomic E-state index is 11.5. The highest BCUT2D eigenvalue weighted by Crippen LogP contribution is 2.40. The van der Waals surface area contributed by atoms with Gasteiger partial charge in [-0.25, -0.2) is 4.98 Å². The number of carboxylic acid groups (broad SMARTS) is 1. The number of nitrogens with one attached hydrogen (secondary N) is 1. The van der Waals surface area contributed by atoms with Crippen molar-refractivity contribution in [2.45, 2.75) is 38.5 Å². The molecule has 1 saturated carbocycles. The number of rotatable bonds is 6. The Morgan fingerprint density at radius 1 is 1.14 bits per heavy atom. The van der Waals surface area contributed by atoms with Crippen molar-refractivity contribution in [3.05, 3.63) is 78.8 Å². The van der Waals surface area contributed by atoms with Crippen molar-refractivity contribution in [2.75, 3.05) is 0 Å². The lowest BCUT2D eigenvalue weighted by molar-refractivity contribution is -0.142.